The third-order valence-corrected chi connectivity index (χ3v) is 1.32. The predicted molar refractivity (Wildman–Crippen MR) is 36.6 cm³/mol. The molecule has 64 valence electrons. The molecule has 0 N–H and O–H groups in total. The smallest absolute Gasteiger partial charge is 0.445 e. The van der Waals surface area contributed by atoms with Gasteiger partial charge in [-0.15, -0.1) is 0 Å². The number of aryl methyl sites for hydroxylation is 1. The first-order valence-electron chi connectivity index (χ1n) is 3.08. The van der Waals surface area contributed by atoms with Gasteiger partial charge in [-0.3, -0.25) is 4.68 Å². The van der Waals surface area contributed by atoms with E-state index in [2.05, 4.69) is 5.10 Å². The number of rotatable bonds is 1. The van der Waals surface area contributed by atoms with Crippen molar-refractivity contribution < 1.29 is 64.3 Å². The average Bonchev–Trinajstić information content (AvgIpc) is 2.29. The molecule has 8 heteroatoms. The second-order valence-corrected chi connectivity index (χ2v) is 2.29. The molecule has 0 fully saturated rings. The van der Waals surface area contributed by atoms with Crippen LogP contribution >= 0.6 is 0 Å². The Morgan fingerprint density at radius 3 is 2.38 bits per heavy atom. The molecule has 0 saturated heterocycles. The van der Waals surface area contributed by atoms with Crippen molar-refractivity contribution in [3.63, 3.8) is 0 Å². The second kappa shape index (κ2) is 4.61. The minimum Gasteiger partial charge on any atom is -0.445 e. The maximum absolute atomic E-state index is 12.1. The van der Waals surface area contributed by atoms with Crippen LogP contribution in [-0.4, -0.2) is 16.8 Å². The summed E-state index contributed by atoms with van der Waals surface area (Å²) in [6, 6.07) is 1.39. The zero-order valence-corrected chi connectivity index (χ0v) is 10.3. The van der Waals surface area contributed by atoms with Crippen LogP contribution in [0.2, 0.25) is 0 Å². The fourth-order valence-corrected chi connectivity index (χ4v) is 0.833. The number of hydrogen-bond acceptors (Lipinski definition) is 2. The van der Waals surface area contributed by atoms with Crippen molar-refractivity contribution in [2.45, 2.75) is 0 Å². The zero-order valence-electron chi connectivity index (χ0n) is 7.13. The Hall–Kier alpha value is 0.191. The molecular formula is C5H4BF3KN3. The Morgan fingerprint density at radius 1 is 1.54 bits per heavy atom. The third kappa shape index (κ3) is 3.11. The number of nitrogens with zero attached hydrogens (tertiary/aromatic N) is 3. The zero-order chi connectivity index (χ0) is 9.35. The van der Waals surface area contributed by atoms with Crippen LogP contribution in [-0.2, 0) is 7.05 Å². The normalized spacial score (nSPS) is 10.4. The van der Waals surface area contributed by atoms with Gasteiger partial charge in [0.25, 0.3) is 0 Å². The van der Waals surface area contributed by atoms with Gasteiger partial charge in [0.05, 0.1) is 0 Å². The largest absolute Gasteiger partial charge is 1.00 e. The Labute approximate surface area is 115 Å². The Balaban J connectivity index is 0.00000144. The summed E-state index contributed by atoms with van der Waals surface area (Å²) in [6.45, 7) is -5.12. The summed E-state index contributed by atoms with van der Waals surface area (Å²) in [5.41, 5.74) is -1.50. The quantitative estimate of drug-likeness (QED) is 0.478. The summed E-state index contributed by atoms with van der Waals surface area (Å²) in [6.07, 6.45) is 0.804. The maximum atomic E-state index is 12.1. The maximum Gasteiger partial charge on any atom is 1.00 e. The molecule has 13 heavy (non-hydrogen) atoms. The summed E-state index contributed by atoms with van der Waals surface area (Å²) in [5, 5.41) is 11.6. The number of halogens is 3. The second-order valence-electron chi connectivity index (χ2n) is 2.29. The molecule has 1 rings (SSSR count). The van der Waals surface area contributed by atoms with Gasteiger partial charge in [0.1, 0.15) is 11.8 Å². The standard InChI is InChI=1S/C5H4BF3N3.K/c1-12-3-4(6(7,8)9)5(2-10)11-12;/h3H,1H3;/q-1;+1. The molecule has 0 radical (unpaired) electrons. The summed E-state index contributed by atoms with van der Waals surface area (Å²) in [5.74, 6) is 0. The number of nitriles is 1. The first-order valence-corrected chi connectivity index (χ1v) is 3.08. The summed E-state index contributed by atoms with van der Waals surface area (Å²) in [7, 11) is 1.34. The number of aromatic nitrogens is 2. The molecule has 0 amide bonds. The average molecular weight is 213 g/mol. The van der Waals surface area contributed by atoms with E-state index in [-0.39, 0.29) is 51.4 Å². The summed E-state index contributed by atoms with van der Waals surface area (Å²) in [4.78, 5) is 0. The van der Waals surface area contributed by atoms with Gasteiger partial charge < -0.3 is 12.9 Å². The van der Waals surface area contributed by atoms with Crippen LogP contribution < -0.4 is 56.8 Å². The minimum absolute atomic E-state index is 0. The van der Waals surface area contributed by atoms with E-state index in [4.69, 9.17) is 5.26 Å². The van der Waals surface area contributed by atoms with Crippen molar-refractivity contribution in [3.05, 3.63) is 11.9 Å². The molecule has 0 aliphatic rings. The SMILES string of the molecule is Cn1cc([B-](F)(F)F)c(C#N)n1.[K+]. The Morgan fingerprint density at radius 2 is 2.08 bits per heavy atom. The fourth-order valence-electron chi connectivity index (χ4n) is 0.833. The van der Waals surface area contributed by atoms with Gasteiger partial charge in [0.15, 0.2) is 0 Å². The van der Waals surface area contributed by atoms with E-state index < -0.39 is 18.1 Å². The van der Waals surface area contributed by atoms with Crippen LogP contribution in [0.15, 0.2) is 6.20 Å². The molecule has 0 bridgehead atoms. The fraction of sp³-hybridized carbons (Fsp3) is 0.200. The van der Waals surface area contributed by atoms with Crippen LogP contribution in [0.3, 0.4) is 0 Å². The van der Waals surface area contributed by atoms with Crippen molar-refractivity contribution in [1.29, 1.82) is 5.26 Å². The van der Waals surface area contributed by atoms with Crippen molar-refractivity contribution >= 4 is 12.4 Å². The topological polar surface area (TPSA) is 41.6 Å². The molecule has 0 atom stereocenters. The van der Waals surface area contributed by atoms with E-state index >= 15 is 0 Å². The third-order valence-electron chi connectivity index (χ3n) is 1.32. The van der Waals surface area contributed by atoms with E-state index in [0.29, 0.717) is 0 Å². The minimum atomic E-state index is -5.12. The molecule has 0 aliphatic heterocycles. The van der Waals surface area contributed by atoms with E-state index in [1.807, 2.05) is 0 Å². The first kappa shape index (κ1) is 13.2. The molecule has 1 aromatic rings. The van der Waals surface area contributed by atoms with E-state index in [1.54, 1.807) is 0 Å². The van der Waals surface area contributed by atoms with Gasteiger partial charge in [0.2, 0.25) is 0 Å². The monoisotopic (exact) mass is 213 g/mol. The molecule has 0 aromatic carbocycles. The van der Waals surface area contributed by atoms with E-state index in [1.165, 1.54) is 13.1 Å². The molecule has 0 aliphatic carbocycles. The molecule has 0 saturated carbocycles. The van der Waals surface area contributed by atoms with Crippen LogP contribution in [0.5, 0.6) is 0 Å². The molecule has 0 unspecified atom stereocenters. The van der Waals surface area contributed by atoms with Gasteiger partial charge in [-0.2, -0.15) is 10.4 Å². The molecule has 1 heterocycles. The van der Waals surface area contributed by atoms with Crippen molar-refractivity contribution in [1.82, 2.24) is 9.78 Å². The summed E-state index contributed by atoms with van der Waals surface area (Å²) >= 11 is 0. The predicted octanol–water partition coefficient (Wildman–Crippen LogP) is -2.65. The van der Waals surface area contributed by atoms with Crippen LogP contribution in [0.25, 0.3) is 0 Å². The Kier molecular flexibility index (Phi) is 4.68. The number of hydrogen-bond donors (Lipinski definition) is 0. The van der Waals surface area contributed by atoms with Gasteiger partial charge in [-0.05, 0) is 6.20 Å². The molecule has 3 nitrogen and oxygen atoms in total. The molecule has 1 aromatic heterocycles. The van der Waals surface area contributed by atoms with E-state index in [9.17, 15) is 12.9 Å². The van der Waals surface area contributed by atoms with Crippen LogP contribution in [0.4, 0.5) is 12.9 Å². The van der Waals surface area contributed by atoms with Crippen molar-refractivity contribution in [2.24, 2.45) is 7.05 Å². The van der Waals surface area contributed by atoms with Gasteiger partial charge in [0, 0.05) is 7.05 Å². The van der Waals surface area contributed by atoms with Crippen molar-refractivity contribution in [3.8, 4) is 6.07 Å². The van der Waals surface area contributed by atoms with Gasteiger partial charge in [-0.1, -0.05) is 5.46 Å². The Bertz CT molecular complexity index is 340. The van der Waals surface area contributed by atoms with Gasteiger partial charge >= 0.3 is 58.4 Å². The van der Waals surface area contributed by atoms with Crippen LogP contribution in [0.1, 0.15) is 5.69 Å². The first-order chi connectivity index (χ1) is 5.45. The van der Waals surface area contributed by atoms with Crippen LogP contribution in [0, 0.1) is 11.3 Å². The summed E-state index contributed by atoms with van der Waals surface area (Å²) < 4.78 is 37.3. The van der Waals surface area contributed by atoms with Gasteiger partial charge in [-0.25, -0.2) is 0 Å². The molecule has 0 spiro atoms. The molecular weight excluding hydrogens is 209 g/mol. The van der Waals surface area contributed by atoms with Crippen molar-refractivity contribution in [2.75, 3.05) is 0 Å². The van der Waals surface area contributed by atoms with E-state index in [0.717, 1.165) is 10.9 Å².